The summed E-state index contributed by atoms with van der Waals surface area (Å²) in [6.45, 7) is 1.51. The summed E-state index contributed by atoms with van der Waals surface area (Å²) in [5.74, 6) is 0.0229. The lowest BCUT2D eigenvalue weighted by Gasteiger charge is -2.39. The van der Waals surface area contributed by atoms with Gasteiger partial charge in [-0.05, 0) is 12.1 Å². The Morgan fingerprint density at radius 1 is 1.03 bits per heavy atom. The first-order valence-electron chi connectivity index (χ1n) is 9.88. The van der Waals surface area contributed by atoms with Gasteiger partial charge in [0.05, 0.1) is 29.5 Å². The normalized spacial score (nSPS) is 14.1. The van der Waals surface area contributed by atoms with Gasteiger partial charge in [-0.3, -0.25) is 14.2 Å². The van der Waals surface area contributed by atoms with Crippen LogP contribution in [0.1, 0.15) is 12.5 Å². The molecule has 0 bridgehead atoms. The molecule has 2 aromatic heterocycles. The van der Waals surface area contributed by atoms with E-state index in [-0.39, 0.29) is 23.9 Å². The van der Waals surface area contributed by atoms with Crippen molar-refractivity contribution in [1.29, 1.82) is 0 Å². The highest BCUT2D eigenvalue weighted by molar-refractivity contribution is 5.78. The van der Waals surface area contributed by atoms with Crippen molar-refractivity contribution in [3.05, 3.63) is 77.5 Å². The van der Waals surface area contributed by atoms with Crippen LogP contribution in [0.3, 0.4) is 0 Å². The number of amides is 1. The summed E-state index contributed by atoms with van der Waals surface area (Å²) in [5.41, 5.74) is 2.39. The molecule has 1 aliphatic heterocycles. The highest BCUT2D eigenvalue weighted by Crippen LogP contribution is 2.23. The number of aryl methyl sites for hydroxylation is 1. The van der Waals surface area contributed by atoms with E-state index in [1.807, 2.05) is 53.3 Å². The number of likely N-dealkylation sites (tertiary alicyclic amines) is 1. The van der Waals surface area contributed by atoms with E-state index in [1.54, 1.807) is 17.0 Å². The number of para-hydroxylation sites is 1. The minimum atomic E-state index is -0.119. The number of aromatic nitrogens is 5. The average molecular weight is 400 g/mol. The Bertz CT molecular complexity index is 1260. The predicted molar refractivity (Wildman–Crippen MR) is 112 cm³/mol. The molecule has 2 aromatic carbocycles. The molecule has 0 radical (unpaired) electrons. The average Bonchev–Trinajstić information content (AvgIpc) is 3.23. The topological polar surface area (TPSA) is 85.9 Å². The molecule has 1 fully saturated rings. The molecule has 8 heteroatoms. The Hall–Kier alpha value is -3.81. The maximum atomic E-state index is 12.5. The van der Waals surface area contributed by atoms with Gasteiger partial charge in [0.2, 0.25) is 5.91 Å². The number of benzene rings is 2. The van der Waals surface area contributed by atoms with E-state index in [1.165, 1.54) is 10.9 Å². The molecule has 4 aromatic rings. The SMILES string of the molecule is O=C(CCn1cnc2ccccc2c1=O)N1CC(n2cc(-c3ccccc3)nn2)C1. The van der Waals surface area contributed by atoms with Crippen LogP contribution in [0, 0.1) is 0 Å². The van der Waals surface area contributed by atoms with Gasteiger partial charge < -0.3 is 4.90 Å². The van der Waals surface area contributed by atoms with Crippen LogP contribution in [0.15, 0.2) is 71.9 Å². The van der Waals surface area contributed by atoms with Gasteiger partial charge in [0, 0.05) is 31.6 Å². The van der Waals surface area contributed by atoms with E-state index in [0.717, 1.165) is 11.3 Å². The van der Waals surface area contributed by atoms with E-state index in [2.05, 4.69) is 15.3 Å². The zero-order valence-corrected chi connectivity index (χ0v) is 16.3. The fraction of sp³-hybridized carbons (Fsp3) is 0.227. The third-order valence-electron chi connectivity index (χ3n) is 5.47. The molecule has 0 saturated carbocycles. The van der Waals surface area contributed by atoms with E-state index in [0.29, 0.717) is 30.5 Å². The number of hydrogen-bond acceptors (Lipinski definition) is 5. The Morgan fingerprint density at radius 3 is 2.63 bits per heavy atom. The van der Waals surface area contributed by atoms with Crippen molar-refractivity contribution in [3.63, 3.8) is 0 Å². The standard InChI is InChI=1S/C22H20N6O2/c29-21(10-11-26-15-23-19-9-5-4-8-18(19)22(26)30)27-12-17(13-27)28-14-20(24-25-28)16-6-2-1-3-7-16/h1-9,14-15,17H,10-13H2. The van der Waals surface area contributed by atoms with Crippen molar-refractivity contribution >= 4 is 16.8 Å². The number of fused-ring (bicyclic) bond motifs is 1. The lowest BCUT2D eigenvalue weighted by Crippen LogP contribution is -2.51. The molecule has 3 heterocycles. The molecule has 1 aliphatic rings. The second-order valence-corrected chi connectivity index (χ2v) is 7.41. The highest BCUT2D eigenvalue weighted by Gasteiger charge is 2.32. The van der Waals surface area contributed by atoms with Gasteiger partial charge in [0.15, 0.2) is 0 Å². The molecule has 0 spiro atoms. The number of carbonyl (C=O) groups excluding carboxylic acids is 1. The molecule has 1 amide bonds. The van der Waals surface area contributed by atoms with Crippen LogP contribution in [-0.2, 0) is 11.3 Å². The Kier molecular flexibility index (Phi) is 4.59. The largest absolute Gasteiger partial charge is 0.338 e. The number of carbonyl (C=O) groups is 1. The van der Waals surface area contributed by atoms with Crippen molar-refractivity contribution in [2.24, 2.45) is 0 Å². The van der Waals surface area contributed by atoms with Crippen LogP contribution in [-0.4, -0.2) is 48.4 Å². The number of nitrogens with zero attached hydrogens (tertiary/aromatic N) is 6. The second-order valence-electron chi connectivity index (χ2n) is 7.41. The van der Waals surface area contributed by atoms with Crippen LogP contribution in [0.25, 0.3) is 22.2 Å². The Morgan fingerprint density at radius 2 is 1.80 bits per heavy atom. The molecule has 8 nitrogen and oxygen atoms in total. The van der Waals surface area contributed by atoms with Gasteiger partial charge in [-0.1, -0.05) is 47.7 Å². The summed E-state index contributed by atoms with van der Waals surface area (Å²) in [7, 11) is 0. The summed E-state index contributed by atoms with van der Waals surface area (Å²) >= 11 is 0. The fourth-order valence-electron chi connectivity index (χ4n) is 3.66. The van der Waals surface area contributed by atoms with Crippen LogP contribution < -0.4 is 5.56 Å². The van der Waals surface area contributed by atoms with Gasteiger partial charge in [-0.2, -0.15) is 0 Å². The Labute approximate surface area is 172 Å². The van der Waals surface area contributed by atoms with Gasteiger partial charge in [-0.15, -0.1) is 5.10 Å². The highest BCUT2D eigenvalue weighted by atomic mass is 16.2. The molecular weight excluding hydrogens is 380 g/mol. The molecule has 0 N–H and O–H groups in total. The second kappa shape index (κ2) is 7.55. The lowest BCUT2D eigenvalue weighted by atomic mass is 10.1. The van der Waals surface area contributed by atoms with E-state index < -0.39 is 0 Å². The summed E-state index contributed by atoms with van der Waals surface area (Å²) in [5, 5.41) is 9.02. The maximum Gasteiger partial charge on any atom is 0.261 e. The summed E-state index contributed by atoms with van der Waals surface area (Å²) in [4.78, 5) is 31.1. The van der Waals surface area contributed by atoms with Crippen LogP contribution in [0.5, 0.6) is 0 Å². The van der Waals surface area contributed by atoms with E-state index in [4.69, 9.17) is 0 Å². The van der Waals surface area contributed by atoms with Crippen molar-refractivity contribution < 1.29 is 4.79 Å². The monoisotopic (exact) mass is 400 g/mol. The quantitative estimate of drug-likeness (QED) is 0.512. The van der Waals surface area contributed by atoms with Gasteiger partial charge in [-0.25, -0.2) is 9.67 Å². The third kappa shape index (κ3) is 3.36. The van der Waals surface area contributed by atoms with Crippen LogP contribution >= 0.6 is 0 Å². The van der Waals surface area contributed by atoms with Gasteiger partial charge >= 0.3 is 0 Å². The van der Waals surface area contributed by atoms with Crippen LogP contribution in [0.4, 0.5) is 0 Å². The van der Waals surface area contributed by atoms with Gasteiger partial charge in [0.1, 0.15) is 5.69 Å². The first-order valence-corrected chi connectivity index (χ1v) is 9.88. The first kappa shape index (κ1) is 18.2. The zero-order chi connectivity index (χ0) is 20.5. The van der Waals surface area contributed by atoms with Crippen molar-refractivity contribution in [2.75, 3.05) is 13.1 Å². The summed E-state index contributed by atoms with van der Waals surface area (Å²) in [6.07, 6.45) is 3.69. The third-order valence-corrected chi connectivity index (χ3v) is 5.47. The van der Waals surface area contributed by atoms with E-state index in [9.17, 15) is 9.59 Å². The Balaban J connectivity index is 1.18. The smallest absolute Gasteiger partial charge is 0.261 e. The molecule has 0 unspecified atom stereocenters. The van der Waals surface area contributed by atoms with Crippen molar-refractivity contribution in [2.45, 2.75) is 19.0 Å². The van der Waals surface area contributed by atoms with Crippen molar-refractivity contribution in [3.8, 4) is 11.3 Å². The molecule has 150 valence electrons. The molecule has 1 saturated heterocycles. The number of rotatable bonds is 5. The molecule has 0 aliphatic carbocycles. The van der Waals surface area contributed by atoms with Gasteiger partial charge in [0.25, 0.3) is 5.56 Å². The van der Waals surface area contributed by atoms with E-state index >= 15 is 0 Å². The minimum absolute atomic E-state index is 0.0229. The molecule has 0 atom stereocenters. The maximum absolute atomic E-state index is 12.5. The first-order chi connectivity index (χ1) is 14.7. The number of hydrogen-bond donors (Lipinski definition) is 0. The minimum Gasteiger partial charge on any atom is -0.338 e. The zero-order valence-electron chi connectivity index (χ0n) is 16.3. The van der Waals surface area contributed by atoms with Crippen molar-refractivity contribution in [1.82, 2.24) is 29.4 Å². The molecule has 30 heavy (non-hydrogen) atoms. The summed E-state index contributed by atoms with van der Waals surface area (Å²) in [6, 6.07) is 17.2. The lowest BCUT2D eigenvalue weighted by molar-refractivity contribution is -0.137. The predicted octanol–water partition coefficient (Wildman–Crippen LogP) is 2.13. The fourth-order valence-corrected chi connectivity index (χ4v) is 3.66. The molecular formula is C22H20N6O2. The van der Waals surface area contributed by atoms with Crippen LogP contribution in [0.2, 0.25) is 0 Å². The molecule has 5 rings (SSSR count). The summed E-state index contributed by atoms with van der Waals surface area (Å²) < 4.78 is 3.32.